The molecule has 0 spiro atoms. The average Bonchev–Trinajstić information content (AvgIpc) is 2.55. The first-order valence-corrected chi connectivity index (χ1v) is 9.39. The molecule has 1 amide bonds. The van der Waals surface area contributed by atoms with Gasteiger partial charge in [0.05, 0.1) is 21.3 Å². The molecule has 7 heteroatoms. The lowest BCUT2D eigenvalue weighted by atomic mass is 10.2. The van der Waals surface area contributed by atoms with E-state index in [-0.39, 0.29) is 5.56 Å². The van der Waals surface area contributed by atoms with Crippen LogP contribution >= 0.6 is 15.9 Å². The minimum atomic E-state index is -1.32. The molecule has 0 saturated carbocycles. The molecule has 0 aliphatic heterocycles. The molecule has 0 radical (unpaired) electrons. The van der Waals surface area contributed by atoms with E-state index < -0.39 is 29.3 Å². The number of hydrogen-bond acceptors (Lipinski definition) is 4. The summed E-state index contributed by atoms with van der Waals surface area (Å²) < 4.78 is 17.6. The van der Waals surface area contributed by atoms with Crippen LogP contribution in [0.5, 0.6) is 0 Å². The topological polar surface area (TPSA) is 72.5 Å². The summed E-state index contributed by atoms with van der Waals surface area (Å²) in [6.45, 7) is 1.44. The number of nitrogens with one attached hydrogen (secondary N) is 1. The van der Waals surface area contributed by atoms with E-state index in [1.54, 1.807) is 30.3 Å². The Balaban J connectivity index is 1.99. The summed E-state index contributed by atoms with van der Waals surface area (Å²) in [5, 5.41) is 2.68. The first kappa shape index (κ1) is 18.4. The number of ether oxygens (including phenoxy) is 1. The Bertz CT molecular complexity index is 807. The van der Waals surface area contributed by atoms with Gasteiger partial charge < -0.3 is 10.1 Å². The van der Waals surface area contributed by atoms with Gasteiger partial charge in [-0.2, -0.15) is 0 Å². The van der Waals surface area contributed by atoms with Crippen molar-refractivity contribution in [2.75, 3.05) is 18.2 Å². The number of amides is 1. The lowest BCUT2D eigenvalue weighted by Gasteiger charge is -2.10. The summed E-state index contributed by atoms with van der Waals surface area (Å²) in [5.41, 5.74) is 1.73. The van der Waals surface area contributed by atoms with Gasteiger partial charge in [0.25, 0.3) is 5.91 Å². The predicted molar refractivity (Wildman–Crippen MR) is 96.6 cm³/mol. The van der Waals surface area contributed by atoms with Gasteiger partial charge in [0, 0.05) is 16.4 Å². The summed E-state index contributed by atoms with van der Waals surface area (Å²) in [5.74, 6) is -1.12. The van der Waals surface area contributed by atoms with Crippen molar-refractivity contribution in [3.63, 3.8) is 0 Å². The molecule has 0 heterocycles. The molecular weight excluding hydrogens is 394 g/mol. The van der Waals surface area contributed by atoms with Crippen LogP contribution in [-0.2, 0) is 20.3 Å². The standard InChI is InChI=1S/C17H16BrNO4S/c1-11-9-12(18)7-8-14(11)19-16(20)10-23-17(21)13-5-3-4-6-15(13)24(2)22/h3-9H,10H2,1-2H3,(H,19,20)/t24-/m0/s1. The molecule has 0 aromatic heterocycles. The maximum Gasteiger partial charge on any atom is 0.339 e. The minimum absolute atomic E-state index is 0.200. The molecule has 2 rings (SSSR count). The van der Waals surface area contributed by atoms with Crippen LogP contribution < -0.4 is 5.32 Å². The normalized spacial score (nSPS) is 11.6. The molecule has 0 saturated heterocycles. The fourth-order valence-corrected chi connectivity index (χ4v) is 3.26. The van der Waals surface area contributed by atoms with Crippen LogP contribution in [0.15, 0.2) is 51.8 Å². The monoisotopic (exact) mass is 409 g/mol. The van der Waals surface area contributed by atoms with Crippen LogP contribution in [0.3, 0.4) is 0 Å². The van der Waals surface area contributed by atoms with Gasteiger partial charge >= 0.3 is 5.97 Å². The highest BCUT2D eigenvalue weighted by Gasteiger charge is 2.16. The van der Waals surface area contributed by atoms with Crippen molar-refractivity contribution in [1.82, 2.24) is 0 Å². The Kier molecular flexibility index (Phi) is 6.28. The van der Waals surface area contributed by atoms with Crippen molar-refractivity contribution in [2.45, 2.75) is 11.8 Å². The highest BCUT2D eigenvalue weighted by molar-refractivity contribution is 9.10. The first-order valence-electron chi connectivity index (χ1n) is 7.04. The quantitative estimate of drug-likeness (QED) is 0.768. The van der Waals surface area contributed by atoms with E-state index in [0.717, 1.165) is 10.0 Å². The Labute approximate surface area is 151 Å². The van der Waals surface area contributed by atoms with Gasteiger partial charge in [0.2, 0.25) is 0 Å². The zero-order chi connectivity index (χ0) is 17.7. The van der Waals surface area contributed by atoms with E-state index in [1.165, 1.54) is 12.3 Å². The third kappa shape index (κ3) is 4.75. The SMILES string of the molecule is Cc1cc(Br)ccc1NC(=O)COC(=O)c1ccccc1[S@](C)=O. The summed E-state index contributed by atoms with van der Waals surface area (Å²) in [6, 6.07) is 11.9. The van der Waals surface area contributed by atoms with Crippen molar-refractivity contribution < 1.29 is 18.5 Å². The van der Waals surface area contributed by atoms with E-state index >= 15 is 0 Å². The van der Waals surface area contributed by atoms with E-state index in [1.807, 2.05) is 13.0 Å². The lowest BCUT2D eigenvalue weighted by Crippen LogP contribution is -2.21. The van der Waals surface area contributed by atoms with E-state index in [9.17, 15) is 13.8 Å². The van der Waals surface area contributed by atoms with Crippen LogP contribution in [0.2, 0.25) is 0 Å². The number of carbonyl (C=O) groups excluding carboxylic acids is 2. The number of halogens is 1. The van der Waals surface area contributed by atoms with Crippen LogP contribution in [0.1, 0.15) is 15.9 Å². The summed E-state index contributed by atoms with van der Waals surface area (Å²) in [4.78, 5) is 24.4. The van der Waals surface area contributed by atoms with Crippen molar-refractivity contribution >= 4 is 44.3 Å². The van der Waals surface area contributed by atoms with Gasteiger partial charge in [-0.1, -0.05) is 28.1 Å². The van der Waals surface area contributed by atoms with Crippen molar-refractivity contribution in [3.05, 3.63) is 58.1 Å². The van der Waals surface area contributed by atoms with E-state index in [4.69, 9.17) is 4.74 Å². The van der Waals surface area contributed by atoms with Crippen LogP contribution in [-0.4, -0.2) is 28.9 Å². The summed E-state index contributed by atoms with van der Waals surface area (Å²) >= 11 is 3.35. The van der Waals surface area contributed by atoms with Crippen LogP contribution in [0.4, 0.5) is 5.69 Å². The molecule has 1 N–H and O–H groups in total. The Morgan fingerprint density at radius 1 is 1.21 bits per heavy atom. The van der Waals surface area contributed by atoms with Crippen LogP contribution in [0, 0.1) is 6.92 Å². The molecule has 0 aliphatic rings. The lowest BCUT2D eigenvalue weighted by molar-refractivity contribution is -0.119. The molecule has 0 aliphatic carbocycles. The second kappa shape index (κ2) is 8.21. The Morgan fingerprint density at radius 2 is 1.92 bits per heavy atom. The highest BCUT2D eigenvalue weighted by atomic mass is 79.9. The number of benzene rings is 2. The molecular formula is C17H16BrNO4S. The van der Waals surface area contributed by atoms with Gasteiger partial charge in [0.1, 0.15) is 0 Å². The molecule has 126 valence electrons. The number of aryl methyl sites for hydroxylation is 1. The zero-order valence-electron chi connectivity index (χ0n) is 13.2. The van der Waals surface area contributed by atoms with Gasteiger partial charge in [0.15, 0.2) is 6.61 Å². The predicted octanol–water partition coefficient (Wildman–Crippen LogP) is 3.29. The second-order valence-corrected chi connectivity index (χ2v) is 7.30. The van der Waals surface area contributed by atoms with Crippen molar-refractivity contribution in [3.8, 4) is 0 Å². The minimum Gasteiger partial charge on any atom is -0.452 e. The van der Waals surface area contributed by atoms with Gasteiger partial charge in [-0.15, -0.1) is 0 Å². The number of rotatable bonds is 5. The van der Waals surface area contributed by atoms with Gasteiger partial charge in [-0.3, -0.25) is 9.00 Å². The highest BCUT2D eigenvalue weighted by Crippen LogP contribution is 2.20. The second-order valence-electron chi connectivity index (χ2n) is 5.03. The van der Waals surface area contributed by atoms with Crippen LogP contribution in [0.25, 0.3) is 0 Å². The molecule has 5 nitrogen and oxygen atoms in total. The summed E-state index contributed by atoms with van der Waals surface area (Å²) in [7, 11) is -1.32. The van der Waals surface area contributed by atoms with Gasteiger partial charge in [-0.05, 0) is 42.8 Å². The number of carbonyl (C=O) groups is 2. The smallest absolute Gasteiger partial charge is 0.339 e. The van der Waals surface area contributed by atoms with E-state index in [0.29, 0.717) is 10.6 Å². The molecule has 0 unspecified atom stereocenters. The molecule has 24 heavy (non-hydrogen) atoms. The fourth-order valence-electron chi connectivity index (χ4n) is 2.05. The molecule has 2 aromatic rings. The number of hydrogen-bond donors (Lipinski definition) is 1. The van der Waals surface area contributed by atoms with Crippen molar-refractivity contribution in [2.24, 2.45) is 0 Å². The third-order valence-electron chi connectivity index (χ3n) is 3.21. The maximum absolute atomic E-state index is 12.1. The Hall–Kier alpha value is -1.99. The number of esters is 1. The third-order valence-corrected chi connectivity index (χ3v) is 4.68. The average molecular weight is 410 g/mol. The fraction of sp³-hybridized carbons (Fsp3) is 0.176. The molecule has 2 aromatic carbocycles. The van der Waals surface area contributed by atoms with E-state index in [2.05, 4.69) is 21.2 Å². The van der Waals surface area contributed by atoms with Crippen molar-refractivity contribution in [1.29, 1.82) is 0 Å². The zero-order valence-corrected chi connectivity index (χ0v) is 15.6. The summed E-state index contributed by atoms with van der Waals surface area (Å²) in [6.07, 6.45) is 1.48. The molecule has 0 fully saturated rings. The Morgan fingerprint density at radius 3 is 2.58 bits per heavy atom. The maximum atomic E-state index is 12.1. The first-order chi connectivity index (χ1) is 11.4. The molecule has 1 atom stereocenters. The van der Waals surface area contributed by atoms with Gasteiger partial charge in [-0.25, -0.2) is 4.79 Å². The number of anilines is 1. The largest absolute Gasteiger partial charge is 0.452 e. The molecule has 0 bridgehead atoms.